The topological polar surface area (TPSA) is 95.7 Å². The standard InChI is InChI=1S/C22H21N5O2/c1-29-13-8-9-16-15(11-13)14-5-4-7-18(21(14)24-16)25-22(28)20-12-19(26-27-20)17-6-2-3-10-23-17/h2-3,6,8-12,18,24H,4-5,7H2,1H3,(H,25,28)(H,26,27). The van der Waals surface area contributed by atoms with Crippen LogP contribution in [0, 0.1) is 0 Å². The molecule has 0 spiro atoms. The van der Waals surface area contributed by atoms with Crippen molar-refractivity contribution in [2.75, 3.05) is 7.11 Å². The molecule has 0 fully saturated rings. The highest BCUT2D eigenvalue weighted by atomic mass is 16.5. The lowest BCUT2D eigenvalue weighted by atomic mass is 9.91. The predicted octanol–water partition coefficient (Wildman–Crippen LogP) is 3.77. The number of aromatic amines is 2. The number of hydrogen-bond acceptors (Lipinski definition) is 4. The Bertz CT molecular complexity index is 1180. The van der Waals surface area contributed by atoms with Crippen molar-refractivity contribution in [2.45, 2.75) is 25.3 Å². The molecule has 29 heavy (non-hydrogen) atoms. The van der Waals surface area contributed by atoms with E-state index in [-0.39, 0.29) is 11.9 Å². The monoisotopic (exact) mass is 387 g/mol. The van der Waals surface area contributed by atoms with Crippen LogP contribution in [-0.4, -0.2) is 33.2 Å². The van der Waals surface area contributed by atoms with Crippen LogP contribution in [0.3, 0.4) is 0 Å². The van der Waals surface area contributed by atoms with Crippen molar-refractivity contribution in [2.24, 2.45) is 0 Å². The van der Waals surface area contributed by atoms with Crippen LogP contribution in [0.4, 0.5) is 0 Å². The van der Waals surface area contributed by atoms with Crippen LogP contribution >= 0.6 is 0 Å². The zero-order valence-electron chi connectivity index (χ0n) is 16.0. The first-order valence-electron chi connectivity index (χ1n) is 9.69. The van der Waals surface area contributed by atoms with Gasteiger partial charge in [-0.15, -0.1) is 0 Å². The van der Waals surface area contributed by atoms with E-state index < -0.39 is 0 Å². The fourth-order valence-corrected chi connectivity index (χ4v) is 4.03. The van der Waals surface area contributed by atoms with Gasteiger partial charge in [-0.05, 0) is 61.2 Å². The molecule has 1 unspecified atom stereocenters. The Labute approximate surface area is 167 Å². The molecule has 7 heteroatoms. The molecule has 1 amide bonds. The molecule has 0 saturated carbocycles. The van der Waals surface area contributed by atoms with Crippen molar-refractivity contribution >= 4 is 16.8 Å². The fourth-order valence-electron chi connectivity index (χ4n) is 4.03. The van der Waals surface area contributed by atoms with E-state index in [4.69, 9.17) is 4.74 Å². The molecule has 7 nitrogen and oxygen atoms in total. The number of hydrogen-bond donors (Lipinski definition) is 3. The number of aryl methyl sites for hydroxylation is 1. The van der Waals surface area contributed by atoms with Crippen molar-refractivity contribution in [1.82, 2.24) is 25.5 Å². The van der Waals surface area contributed by atoms with E-state index >= 15 is 0 Å². The number of carbonyl (C=O) groups excluding carboxylic acids is 1. The van der Waals surface area contributed by atoms with Crippen molar-refractivity contribution in [1.29, 1.82) is 0 Å². The molecular weight excluding hydrogens is 366 g/mol. The van der Waals surface area contributed by atoms with Gasteiger partial charge in [-0.3, -0.25) is 14.9 Å². The summed E-state index contributed by atoms with van der Waals surface area (Å²) >= 11 is 0. The number of rotatable bonds is 4. The van der Waals surface area contributed by atoms with E-state index in [1.807, 2.05) is 30.3 Å². The molecule has 1 atom stereocenters. The molecule has 1 aliphatic rings. The maximum Gasteiger partial charge on any atom is 0.269 e. The Balaban J connectivity index is 1.41. The molecular formula is C22H21N5O2. The Morgan fingerprint density at radius 1 is 1.21 bits per heavy atom. The zero-order chi connectivity index (χ0) is 19.8. The summed E-state index contributed by atoms with van der Waals surface area (Å²) in [6.45, 7) is 0. The van der Waals surface area contributed by atoms with Gasteiger partial charge in [0, 0.05) is 22.8 Å². The summed E-state index contributed by atoms with van der Waals surface area (Å²) in [6, 6.07) is 13.3. The van der Waals surface area contributed by atoms with E-state index in [2.05, 4.69) is 31.5 Å². The van der Waals surface area contributed by atoms with Crippen LogP contribution in [0.5, 0.6) is 5.75 Å². The number of carbonyl (C=O) groups is 1. The first-order valence-corrected chi connectivity index (χ1v) is 9.69. The second-order valence-electron chi connectivity index (χ2n) is 7.23. The number of benzene rings is 1. The number of H-pyrrole nitrogens is 2. The number of amides is 1. The zero-order valence-corrected chi connectivity index (χ0v) is 16.0. The van der Waals surface area contributed by atoms with Crippen LogP contribution in [0.25, 0.3) is 22.3 Å². The second-order valence-corrected chi connectivity index (χ2v) is 7.23. The van der Waals surface area contributed by atoms with Gasteiger partial charge in [0.1, 0.15) is 17.1 Å². The van der Waals surface area contributed by atoms with Crippen molar-refractivity contribution in [3.05, 3.63) is 65.6 Å². The van der Waals surface area contributed by atoms with Gasteiger partial charge < -0.3 is 15.0 Å². The quantitative estimate of drug-likeness (QED) is 0.497. The van der Waals surface area contributed by atoms with Crippen LogP contribution in [0.2, 0.25) is 0 Å². The number of nitrogens with one attached hydrogen (secondary N) is 3. The number of fused-ring (bicyclic) bond motifs is 3. The van der Waals surface area contributed by atoms with Crippen molar-refractivity contribution in [3.8, 4) is 17.1 Å². The Morgan fingerprint density at radius 3 is 2.97 bits per heavy atom. The number of nitrogens with zero attached hydrogens (tertiary/aromatic N) is 2. The first-order chi connectivity index (χ1) is 14.2. The fraction of sp³-hybridized carbons (Fsp3) is 0.227. The lowest BCUT2D eigenvalue weighted by molar-refractivity contribution is 0.0927. The molecule has 5 rings (SSSR count). The summed E-state index contributed by atoms with van der Waals surface area (Å²) in [4.78, 5) is 20.6. The van der Waals surface area contributed by atoms with E-state index in [9.17, 15) is 4.79 Å². The summed E-state index contributed by atoms with van der Waals surface area (Å²) in [5, 5.41) is 11.4. The molecule has 3 N–H and O–H groups in total. The van der Waals surface area contributed by atoms with Gasteiger partial charge in [0.2, 0.25) is 0 Å². The number of pyridine rings is 1. The highest BCUT2D eigenvalue weighted by molar-refractivity contribution is 5.94. The molecule has 146 valence electrons. The first kappa shape index (κ1) is 17.5. The predicted molar refractivity (Wildman–Crippen MR) is 110 cm³/mol. The maximum atomic E-state index is 12.8. The van der Waals surface area contributed by atoms with Gasteiger partial charge in [0.25, 0.3) is 5.91 Å². The Hall–Kier alpha value is -3.61. The molecule has 0 aliphatic heterocycles. The minimum Gasteiger partial charge on any atom is -0.497 e. The van der Waals surface area contributed by atoms with Gasteiger partial charge in [0.15, 0.2) is 0 Å². The molecule has 3 aromatic heterocycles. The van der Waals surface area contributed by atoms with E-state index in [0.29, 0.717) is 11.4 Å². The Kier molecular flexibility index (Phi) is 4.27. The molecule has 4 aromatic rings. The third-order valence-corrected chi connectivity index (χ3v) is 5.47. The summed E-state index contributed by atoms with van der Waals surface area (Å²) in [7, 11) is 1.67. The molecule has 0 radical (unpaired) electrons. The van der Waals surface area contributed by atoms with Crippen LogP contribution in [-0.2, 0) is 6.42 Å². The average molecular weight is 387 g/mol. The van der Waals surface area contributed by atoms with Gasteiger partial charge in [-0.25, -0.2) is 0 Å². The van der Waals surface area contributed by atoms with Crippen LogP contribution in [0.15, 0.2) is 48.7 Å². The molecule has 0 bridgehead atoms. The Morgan fingerprint density at radius 2 is 2.14 bits per heavy atom. The summed E-state index contributed by atoms with van der Waals surface area (Å²) in [6.07, 6.45) is 4.61. The van der Waals surface area contributed by atoms with Gasteiger partial charge in [0.05, 0.1) is 18.8 Å². The van der Waals surface area contributed by atoms with E-state index in [0.717, 1.165) is 47.3 Å². The maximum absolute atomic E-state index is 12.8. The average Bonchev–Trinajstić information content (AvgIpc) is 3.40. The molecule has 1 aromatic carbocycles. The normalized spacial score (nSPS) is 15.8. The number of methoxy groups -OCH3 is 1. The molecule has 1 aliphatic carbocycles. The van der Waals surface area contributed by atoms with Gasteiger partial charge >= 0.3 is 0 Å². The second kappa shape index (κ2) is 7.09. The van der Waals surface area contributed by atoms with E-state index in [1.165, 1.54) is 5.56 Å². The number of aromatic nitrogens is 4. The van der Waals surface area contributed by atoms with E-state index in [1.54, 1.807) is 19.4 Å². The van der Waals surface area contributed by atoms with Crippen molar-refractivity contribution < 1.29 is 9.53 Å². The third-order valence-electron chi connectivity index (χ3n) is 5.47. The SMILES string of the molecule is COc1ccc2[nH]c3c(c2c1)CCCC3NC(=O)c1cc(-c2ccccn2)n[nH]1. The minimum atomic E-state index is -0.172. The molecule has 0 saturated heterocycles. The minimum absolute atomic E-state index is 0.0637. The summed E-state index contributed by atoms with van der Waals surface area (Å²) in [5.41, 5.74) is 5.21. The molecule has 3 heterocycles. The highest BCUT2D eigenvalue weighted by Gasteiger charge is 2.26. The van der Waals surface area contributed by atoms with Gasteiger partial charge in [-0.1, -0.05) is 6.07 Å². The third kappa shape index (κ3) is 3.14. The largest absolute Gasteiger partial charge is 0.497 e. The lowest BCUT2D eigenvalue weighted by Gasteiger charge is -2.23. The van der Waals surface area contributed by atoms with Crippen LogP contribution in [0.1, 0.15) is 40.6 Å². The highest BCUT2D eigenvalue weighted by Crippen LogP contribution is 2.36. The lowest BCUT2D eigenvalue weighted by Crippen LogP contribution is -2.31. The summed E-state index contributed by atoms with van der Waals surface area (Å²) < 4.78 is 5.37. The van der Waals surface area contributed by atoms with Crippen LogP contribution < -0.4 is 10.1 Å². The van der Waals surface area contributed by atoms with Crippen molar-refractivity contribution in [3.63, 3.8) is 0 Å². The number of ether oxygens (including phenoxy) is 1. The summed E-state index contributed by atoms with van der Waals surface area (Å²) in [5.74, 6) is 0.665. The smallest absolute Gasteiger partial charge is 0.269 e. The van der Waals surface area contributed by atoms with Gasteiger partial charge in [-0.2, -0.15) is 5.10 Å².